The second-order valence-electron chi connectivity index (χ2n) is 11.4. The number of fused-ring (bicyclic) bond motifs is 1. The van der Waals surface area contributed by atoms with Crippen molar-refractivity contribution in [2.45, 2.75) is 71.6 Å². The summed E-state index contributed by atoms with van der Waals surface area (Å²) in [5.74, 6) is 1.44. The number of nitrogens with zero attached hydrogens (tertiary/aromatic N) is 5. The minimum atomic E-state index is -0.458. The molecule has 1 saturated heterocycles. The number of hydrogen-bond acceptors (Lipinski definition) is 6. The van der Waals surface area contributed by atoms with E-state index in [2.05, 4.69) is 23.3 Å². The molecular formula is C34H39FN6O2. The topological polar surface area (TPSA) is 110 Å². The lowest BCUT2D eigenvalue weighted by molar-refractivity contribution is 0.100. The van der Waals surface area contributed by atoms with Crippen LogP contribution in [0.3, 0.4) is 0 Å². The summed E-state index contributed by atoms with van der Waals surface area (Å²) in [6, 6.07) is 17.6. The molecule has 1 unspecified atom stereocenters. The molecule has 5 rings (SSSR count). The van der Waals surface area contributed by atoms with Crippen LogP contribution in [0.1, 0.15) is 84.9 Å². The zero-order chi connectivity index (χ0) is 30.3. The smallest absolute Gasteiger partial charge is 0.248 e. The number of hydrogen-bond donors (Lipinski definition) is 1. The molecule has 0 radical (unpaired) electrons. The summed E-state index contributed by atoms with van der Waals surface area (Å²) < 4.78 is 22.4. The van der Waals surface area contributed by atoms with Crippen LogP contribution in [0, 0.1) is 23.1 Å². The number of pyridine rings is 1. The summed E-state index contributed by atoms with van der Waals surface area (Å²) in [5, 5.41) is 8.95. The number of nitriles is 1. The molecule has 1 aliphatic rings. The third-order valence-electron chi connectivity index (χ3n) is 8.50. The number of primary amides is 1. The summed E-state index contributed by atoms with van der Waals surface area (Å²) in [6.45, 7) is 7.94. The van der Waals surface area contributed by atoms with Gasteiger partial charge in [0.15, 0.2) is 0 Å². The van der Waals surface area contributed by atoms with Gasteiger partial charge in [-0.3, -0.25) is 9.69 Å². The van der Waals surface area contributed by atoms with Gasteiger partial charge in [-0.25, -0.2) is 14.4 Å². The number of amides is 1. The maximum atomic E-state index is 14.3. The Labute approximate surface area is 252 Å². The van der Waals surface area contributed by atoms with Crippen LogP contribution in [0.4, 0.5) is 4.39 Å². The first-order chi connectivity index (χ1) is 20.9. The van der Waals surface area contributed by atoms with Crippen molar-refractivity contribution in [1.29, 1.82) is 5.26 Å². The molecule has 2 aromatic heterocycles. The molecule has 3 heterocycles. The Bertz CT molecular complexity index is 1620. The van der Waals surface area contributed by atoms with Crippen LogP contribution in [0.15, 0.2) is 54.6 Å². The van der Waals surface area contributed by atoms with Gasteiger partial charge in [0.05, 0.1) is 29.2 Å². The van der Waals surface area contributed by atoms with Crippen LogP contribution in [0.2, 0.25) is 0 Å². The predicted octanol–water partition coefficient (Wildman–Crippen LogP) is 6.33. The lowest BCUT2D eigenvalue weighted by Gasteiger charge is -2.31. The minimum Gasteiger partial charge on any atom is -0.473 e. The van der Waals surface area contributed by atoms with E-state index in [1.807, 2.05) is 30.3 Å². The van der Waals surface area contributed by atoms with Gasteiger partial charge in [0.2, 0.25) is 11.8 Å². The molecule has 9 heteroatoms. The first-order valence-electron chi connectivity index (χ1n) is 15.2. The highest BCUT2D eigenvalue weighted by atomic mass is 19.1. The number of imidazole rings is 1. The number of rotatable bonds is 12. The molecule has 224 valence electrons. The van der Waals surface area contributed by atoms with Gasteiger partial charge in [0.25, 0.3) is 0 Å². The van der Waals surface area contributed by atoms with Crippen molar-refractivity contribution in [2.75, 3.05) is 13.1 Å². The molecule has 0 bridgehead atoms. The van der Waals surface area contributed by atoms with Crippen molar-refractivity contribution in [3.8, 4) is 11.9 Å². The Kier molecular flexibility index (Phi) is 9.68. The van der Waals surface area contributed by atoms with Gasteiger partial charge < -0.3 is 15.0 Å². The van der Waals surface area contributed by atoms with Gasteiger partial charge in [-0.15, -0.1) is 0 Å². The van der Waals surface area contributed by atoms with Gasteiger partial charge in [-0.1, -0.05) is 38.8 Å². The number of carbonyl (C=O) groups excluding carboxylic acids is 1. The standard InChI is InChI=1S/C34H39FN6O2/c1-3-6-23(4-2)20-41-31-18-26(34(37)42)11-12-30(31)38-32(41)21-40-15-13-25(14-16-40)29-7-5-8-33(39-29)43-22-27-10-9-24(19-36)17-28(27)35/h5,7-12,17-18,23,25H,3-4,6,13-16,20-22H2,1-2H3,(H2,37,42). The number of nitrogens with two attached hydrogens (primary N) is 1. The number of likely N-dealkylation sites (tertiary alicyclic amines) is 1. The summed E-state index contributed by atoms with van der Waals surface area (Å²) in [7, 11) is 0. The molecular weight excluding hydrogens is 543 g/mol. The molecule has 0 saturated carbocycles. The molecule has 43 heavy (non-hydrogen) atoms. The van der Waals surface area contributed by atoms with Gasteiger partial charge in [-0.2, -0.15) is 5.26 Å². The zero-order valence-electron chi connectivity index (χ0n) is 24.9. The van der Waals surface area contributed by atoms with Gasteiger partial charge in [-0.05, 0) is 74.7 Å². The van der Waals surface area contributed by atoms with E-state index in [0.29, 0.717) is 28.8 Å². The summed E-state index contributed by atoms with van der Waals surface area (Å²) >= 11 is 0. The molecule has 8 nitrogen and oxygen atoms in total. The highest BCUT2D eigenvalue weighted by Crippen LogP contribution is 2.30. The van der Waals surface area contributed by atoms with E-state index in [1.165, 1.54) is 6.07 Å². The normalized spacial score (nSPS) is 14.9. The van der Waals surface area contributed by atoms with Crippen LogP contribution in [0.25, 0.3) is 11.0 Å². The quantitative estimate of drug-likeness (QED) is 0.209. The Morgan fingerprint density at radius 3 is 2.65 bits per heavy atom. The van der Waals surface area contributed by atoms with E-state index in [4.69, 9.17) is 25.7 Å². The zero-order valence-corrected chi connectivity index (χ0v) is 24.9. The van der Waals surface area contributed by atoms with Crippen LogP contribution < -0.4 is 10.5 Å². The van der Waals surface area contributed by atoms with Gasteiger partial charge >= 0.3 is 0 Å². The van der Waals surface area contributed by atoms with Crippen LogP contribution >= 0.6 is 0 Å². The second-order valence-corrected chi connectivity index (χ2v) is 11.4. The predicted molar refractivity (Wildman–Crippen MR) is 164 cm³/mol. The number of benzene rings is 2. The molecule has 4 aromatic rings. The molecule has 0 spiro atoms. The number of piperidine rings is 1. The fraction of sp³-hybridized carbons (Fsp3) is 0.412. The lowest BCUT2D eigenvalue weighted by atomic mass is 9.93. The second kappa shape index (κ2) is 13.8. The summed E-state index contributed by atoms with van der Waals surface area (Å²) in [4.78, 5) is 24.1. The Morgan fingerprint density at radius 1 is 1.14 bits per heavy atom. The van der Waals surface area contributed by atoms with E-state index in [0.717, 1.165) is 80.8 Å². The molecule has 2 N–H and O–H groups in total. The van der Waals surface area contributed by atoms with Crippen LogP contribution in [-0.4, -0.2) is 38.4 Å². The molecule has 1 amide bonds. The third-order valence-corrected chi connectivity index (χ3v) is 8.50. The van der Waals surface area contributed by atoms with Crippen molar-refractivity contribution >= 4 is 16.9 Å². The van der Waals surface area contributed by atoms with Gasteiger partial charge in [0.1, 0.15) is 18.2 Å². The average molecular weight is 583 g/mol. The molecule has 2 aromatic carbocycles. The SMILES string of the molecule is CCCC(CC)Cn1c(CN2CCC(c3cccc(OCc4ccc(C#N)cc4F)n3)CC2)nc2ccc(C(N)=O)cc21. The van der Waals surface area contributed by atoms with E-state index in [1.54, 1.807) is 24.3 Å². The number of aromatic nitrogens is 3. The summed E-state index contributed by atoms with van der Waals surface area (Å²) in [6.07, 6.45) is 5.29. The molecule has 1 fully saturated rings. The summed E-state index contributed by atoms with van der Waals surface area (Å²) in [5.41, 5.74) is 9.62. The van der Waals surface area contributed by atoms with Crippen molar-refractivity contribution < 1.29 is 13.9 Å². The largest absolute Gasteiger partial charge is 0.473 e. The van der Waals surface area contributed by atoms with E-state index in [9.17, 15) is 9.18 Å². The highest BCUT2D eigenvalue weighted by molar-refractivity contribution is 5.96. The van der Waals surface area contributed by atoms with Crippen molar-refractivity contribution in [1.82, 2.24) is 19.4 Å². The first kappa shape index (κ1) is 30.2. The van der Waals surface area contributed by atoms with E-state index >= 15 is 0 Å². The number of ether oxygens (including phenoxy) is 1. The van der Waals surface area contributed by atoms with Crippen LogP contribution in [-0.2, 0) is 19.7 Å². The number of halogens is 1. The highest BCUT2D eigenvalue weighted by Gasteiger charge is 2.24. The average Bonchev–Trinajstić information content (AvgIpc) is 3.36. The maximum Gasteiger partial charge on any atom is 0.248 e. The Hall–Kier alpha value is -4.29. The number of carbonyl (C=O) groups is 1. The minimum absolute atomic E-state index is 0.0471. The fourth-order valence-corrected chi connectivity index (χ4v) is 5.95. The fourth-order valence-electron chi connectivity index (χ4n) is 5.95. The lowest BCUT2D eigenvalue weighted by Crippen LogP contribution is -2.33. The Morgan fingerprint density at radius 2 is 1.95 bits per heavy atom. The first-order valence-corrected chi connectivity index (χ1v) is 15.2. The molecule has 0 aliphatic carbocycles. The van der Waals surface area contributed by atoms with Crippen molar-refractivity contribution in [2.24, 2.45) is 11.7 Å². The maximum absolute atomic E-state index is 14.3. The van der Waals surface area contributed by atoms with E-state index in [-0.39, 0.29) is 12.2 Å². The molecule has 1 aliphatic heterocycles. The Balaban J connectivity index is 1.25. The third kappa shape index (κ3) is 7.20. The van der Waals surface area contributed by atoms with Crippen molar-refractivity contribution in [3.63, 3.8) is 0 Å². The molecule has 1 atom stereocenters. The van der Waals surface area contributed by atoms with Crippen LogP contribution in [0.5, 0.6) is 5.88 Å². The van der Waals surface area contributed by atoms with Gasteiger partial charge in [0, 0.05) is 35.3 Å². The van der Waals surface area contributed by atoms with Crippen molar-refractivity contribution in [3.05, 3.63) is 88.6 Å². The van der Waals surface area contributed by atoms with E-state index < -0.39 is 11.7 Å². The monoisotopic (exact) mass is 582 g/mol.